The first-order valence-corrected chi connectivity index (χ1v) is 2.18. The minimum absolute atomic E-state index is 0.229. The summed E-state index contributed by atoms with van der Waals surface area (Å²) < 4.78 is 0. The molecule has 0 heterocycles. The van der Waals surface area contributed by atoms with Gasteiger partial charge in [-0.25, -0.2) is 0 Å². The van der Waals surface area contributed by atoms with Crippen molar-refractivity contribution in [2.45, 2.75) is 11.9 Å². The van der Waals surface area contributed by atoms with Crippen LogP contribution in [0, 0.1) is 0 Å². The predicted octanol–water partition coefficient (Wildman–Crippen LogP) is -0.775. The van der Waals surface area contributed by atoms with E-state index in [1.165, 1.54) is 0 Å². The molecule has 1 unspecified atom stereocenters. The van der Waals surface area contributed by atoms with Crippen molar-refractivity contribution < 1.29 is 5.11 Å². The summed E-state index contributed by atoms with van der Waals surface area (Å²) in [7, 11) is 0. The van der Waals surface area contributed by atoms with Gasteiger partial charge < -0.3 is 0 Å². The summed E-state index contributed by atoms with van der Waals surface area (Å²) in [4.78, 5) is 0. The van der Waals surface area contributed by atoms with Crippen LogP contribution in [0.2, 0.25) is 0 Å². The van der Waals surface area contributed by atoms with Gasteiger partial charge in [0.1, 0.15) is 0 Å². The van der Waals surface area contributed by atoms with Gasteiger partial charge in [-0.15, -0.1) is 0 Å². The summed E-state index contributed by atoms with van der Waals surface area (Å²) >= 11 is 2.09. The Morgan fingerprint density at radius 1 is 2.00 bits per heavy atom. The van der Waals surface area contributed by atoms with Crippen molar-refractivity contribution in [3.05, 3.63) is 0 Å². The molecule has 0 aromatic carbocycles. The fourth-order valence-electron chi connectivity index (χ4n) is 0. The molecule has 26 valence electrons. The minimum atomic E-state index is -0.229. The molecular formula is C2H6OSe. The van der Waals surface area contributed by atoms with Crippen molar-refractivity contribution in [1.29, 1.82) is 0 Å². The van der Waals surface area contributed by atoms with E-state index >= 15 is 0 Å². The van der Waals surface area contributed by atoms with Crippen molar-refractivity contribution in [2.24, 2.45) is 0 Å². The predicted molar refractivity (Wildman–Crippen MR) is 18.8 cm³/mol. The number of aliphatic hydroxyl groups excluding tert-OH is 1. The van der Waals surface area contributed by atoms with Crippen LogP contribution in [0.3, 0.4) is 0 Å². The third-order valence-corrected chi connectivity index (χ3v) is 0. The zero-order chi connectivity index (χ0) is 3.58. The molecule has 0 aromatic rings. The normalized spacial score (nSPS) is 15.8. The van der Waals surface area contributed by atoms with Gasteiger partial charge in [0.15, 0.2) is 0 Å². The maximum absolute atomic E-state index is 8.03. The van der Waals surface area contributed by atoms with E-state index in [1.54, 1.807) is 6.92 Å². The molecule has 0 amide bonds. The first-order chi connectivity index (χ1) is 1.73. The number of hydrogen-bond donors (Lipinski definition) is 1. The third kappa shape index (κ3) is 23.6. The molecule has 1 nitrogen and oxygen atoms in total. The van der Waals surface area contributed by atoms with Gasteiger partial charge in [0.05, 0.1) is 0 Å². The van der Waals surface area contributed by atoms with Gasteiger partial charge in [-0.1, -0.05) is 0 Å². The van der Waals surface area contributed by atoms with E-state index in [0.717, 1.165) is 0 Å². The summed E-state index contributed by atoms with van der Waals surface area (Å²) in [6.45, 7) is 1.69. The molecule has 0 aliphatic carbocycles. The molecule has 4 heavy (non-hydrogen) atoms. The molecule has 0 saturated carbocycles. The van der Waals surface area contributed by atoms with Crippen LogP contribution < -0.4 is 0 Å². The van der Waals surface area contributed by atoms with E-state index in [4.69, 9.17) is 5.11 Å². The van der Waals surface area contributed by atoms with Crippen LogP contribution >= 0.6 is 0 Å². The summed E-state index contributed by atoms with van der Waals surface area (Å²) in [6, 6.07) is 0. The van der Waals surface area contributed by atoms with Crippen LogP contribution in [-0.4, -0.2) is 26.1 Å². The van der Waals surface area contributed by atoms with Gasteiger partial charge in [-0.3, -0.25) is 0 Å². The Labute approximate surface area is 33.8 Å². The van der Waals surface area contributed by atoms with Crippen LogP contribution in [0.4, 0.5) is 0 Å². The van der Waals surface area contributed by atoms with Crippen molar-refractivity contribution >= 4 is 16.0 Å². The van der Waals surface area contributed by atoms with E-state index < -0.39 is 0 Å². The third-order valence-electron chi connectivity index (χ3n) is 0. The second kappa shape index (κ2) is 1.77. The quantitative estimate of drug-likeness (QED) is 0.421. The van der Waals surface area contributed by atoms with Crippen LogP contribution in [0.5, 0.6) is 0 Å². The van der Waals surface area contributed by atoms with E-state index in [0.29, 0.717) is 0 Å². The SMILES string of the molecule is CC(O)[SeH]. The monoisotopic (exact) mass is 126 g/mol. The first-order valence-electron chi connectivity index (χ1n) is 1.09. The molecule has 0 bridgehead atoms. The second-order valence-corrected chi connectivity index (χ2v) is 2.20. The number of rotatable bonds is 0. The van der Waals surface area contributed by atoms with Crippen molar-refractivity contribution in [3.8, 4) is 0 Å². The molecule has 0 aliphatic heterocycles. The van der Waals surface area contributed by atoms with Crippen LogP contribution in [0.1, 0.15) is 6.92 Å². The van der Waals surface area contributed by atoms with E-state index in [-0.39, 0.29) is 5.00 Å². The second-order valence-electron chi connectivity index (χ2n) is 0.632. The molecule has 0 spiro atoms. The van der Waals surface area contributed by atoms with Crippen LogP contribution in [-0.2, 0) is 0 Å². The average molecular weight is 125 g/mol. The molecule has 1 atom stereocenters. The fraction of sp³-hybridized carbons (Fsp3) is 1.00. The Balaban J connectivity index is 2.32. The zero-order valence-corrected chi connectivity index (χ0v) is 4.35. The summed E-state index contributed by atoms with van der Waals surface area (Å²) in [5.74, 6) is 0. The van der Waals surface area contributed by atoms with Crippen LogP contribution in [0.15, 0.2) is 0 Å². The Morgan fingerprint density at radius 3 is 2.00 bits per heavy atom. The molecule has 0 aliphatic rings. The van der Waals surface area contributed by atoms with E-state index in [2.05, 4.69) is 16.0 Å². The maximum atomic E-state index is 8.03. The van der Waals surface area contributed by atoms with Crippen molar-refractivity contribution in [3.63, 3.8) is 0 Å². The number of hydrogen-bond acceptors (Lipinski definition) is 1. The summed E-state index contributed by atoms with van der Waals surface area (Å²) in [5.41, 5.74) is 0. The first kappa shape index (κ1) is 4.48. The van der Waals surface area contributed by atoms with Crippen LogP contribution in [0.25, 0.3) is 0 Å². The molecule has 0 aromatic heterocycles. The topological polar surface area (TPSA) is 20.2 Å². The summed E-state index contributed by atoms with van der Waals surface area (Å²) in [5, 5.41) is 7.80. The van der Waals surface area contributed by atoms with Gasteiger partial charge in [0.2, 0.25) is 0 Å². The molecule has 0 rings (SSSR count). The number of aliphatic hydroxyl groups is 1. The van der Waals surface area contributed by atoms with Crippen molar-refractivity contribution in [1.82, 2.24) is 0 Å². The Kier molecular flexibility index (Phi) is 1.98. The molecule has 1 N–H and O–H groups in total. The molecule has 0 fully saturated rings. The van der Waals surface area contributed by atoms with Gasteiger partial charge in [0.25, 0.3) is 0 Å². The van der Waals surface area contributed by atoms with E-state index in [9.17, 15) is 0 Å². The van der Waals surface area contributed by atoms with Crippen molar-refractivity contribution in [2.75, 3.05) is 0 Å². The molecule has 0 saturated heterocycles. The standard InChI is InChI=1S/C2H6OSe/c1-2(3)4/h2-4H,1H3. The van der Waals surface area contributed by atoms with Gasteiger partial charge in [0, 0.05) is 0 Å². The fourth-order valence-corrected chi connectivity index (χ4v) is 0. The molecule has 2 heteroatoms. The Hall–Kier alpha value is 0.479. The summed E-state index contributed by atoms with van der Waals surface area (Å²) in [6.07, 6.45) is 0. The van der Waals surface area contributed by atoms with E-state index in [1.807, 2.05) is 0 Å². The molecule has 0 radical (unpaired) electrons. The van der Waals surface area contributed by atoms with Gasteiger partial charge in [-0.05, 0) is 0 Å². The zero-order valence-electron chi connectivity index (χ0n) is 2.47. The average Bonchev–Trinajstić information content (AvgIpc) is 0.811. The van der Waals surface area contributed by atoms with Gasteiger partial charge >= 0.3 is 33.0 Å². The van der Waals surface area contributed by atoms with Gasteiger partial charge in [-0.2, -0.15) is 0 Å². The Bertz CT molecular complexity index is 10.8. The Morgan fingerprint density at radius 2 is 2.00 bits per heavy atom. The molecular weight excluding hydrogens is 119 g/mol.